The van der Waals surface area contributed by atoms with Gasteiger partial charge in [0, 0.05) is 48.5 Å². The van der Waals surface area contributed by atoms with Crippen LogP contribution in [-0.4, -0.2) is 44.3 Å². The summed E-state index contributed by atoms with van der Waals surface area (Å²) in [6, 6.07) is 7.33. The molecule has 0 radical (unpaired) electrons. The monoisotopic (exact) mass is 522 g/mol. The highest BCUT2D eigenvalue weighted by molar-refractivity contribution is 5.96. The molecular weight excluding hydrogens is 494 g/mol. The highest BCUT2D eigenvalue weighted by Crippen LogP contribution is 2.29. The summed E-state index contributed by atoms with van der Waals surface area (Å²) in [7, 11) is 0. The third-order valence-electron chi connectivity index (χ3n) is 6.56. The molecule has 4 heterocycles. The van der Waals surface area contributed by atoms with E-state index in [4.69, 9.17) is 15.2 Å². The lowest BCUT2D eigenvalue weighted by Gasteiger charge is -2.28. The fourth-order valence-electron chi connectivity index (χ4n) is 4.69. The molecule has 1 saturated heterocycles. The molecule has 1 aromatic carbocycles. The van der Waals surface area contributed by atoms with Gasteiger partial charge in [0.1, 0.15) is 11.9 Å². The zero-order valence-corrected chi connectivity index (χ0v) is 21.3. The van der Waals surface area contributed by atoms with Gasteiger partial charge in [-0.2, -0.15) is 4.98 Å². The first-order valence-corrected chi connectivity index (χ1v) is 12.3. The van der Waals surface area contributed by atoms with Crippen LogP contribution in [0.2, 0.25) is 0 Å². The summed E-state index contributed by atoms with van der Waals surface area (Å²) in [5.74, 6) is -1.90. The standard InChI is InChI=1S/C27H28F2N6O3/c1-14-8-20(5-7-37-14)38-25-18(9-19(28)11-23(25)29)13-31-26(36)22-12-21(15(2)32-16(22)3)17-4-6-35-24(10-17)33-27(30)34-35/h4,6,9-12,14,20H,5,7-8,13H2,1-3H3,(H2,30,34)(H,31,36). The summed E-state index contributed by atoms with van der Waals surface area (Å²) in [6.07, 6.45) is 2.63. The molecule has 3 N–H and O–H groups in total. The third-order valence-corrected chi connectivity index (χ3v) is 6.56. The van der Waals surface area contributed by atoms with E-state index in [0.29, 0.717) is 36.4 Å². The molecule has 2 atom stereocenters. The maximum Gasteiger partial charge on any atom is 0.253 e. The number of halogens is 2. The molecule has 0 bridgehead atoms. The Labute approximate surface area is 218 Å². The molecule has 1 fully saturated rings. The van der Waals surface area contributed by atoms with Crippen molar-refractivity contribution in [3.05, 3.63) is 70.7 Å². The number of nitrogen functional groups attached to an aromatic ring is 1. The third kappa shape index (κ3) is 5.28. The summed E-state index contributed by atoms with van der Waals surface area (Å²) in [5.41, 5.74) is 9.57. The Bertz CT molecular complexity index is 1520. The number of hydrogen-bond acceptors (Lipinski definition) is 7. The van der Waals surface area contributed by atoms with Crippen LogP contribution in [0.5, 0.6) is 5.75 Å². The van der Waals surface area contributed by atoms with Crippen LogP contribution in [0.1, 0.15) is 47.1 Å². The van der Waals surface area contributed by atoms with Crippen molar-refractivity contribution in [1.82, 2.24) is 24.9 Å². The number of pyridine rings is 2. The molecule has 2 unspecified atom stereocenters. The molecule has 0 spiro atoms. The van der Waals surface area contributed by atoms with Crippen LogP contribution in [0.3, 0.4) is 0 Å². The number of rotatable bonds is 6. The van der Waals surface area contributed by atoms with Crippen molar-refractivity contribution < 1.29 is 23.0 Å². The summed E-state index contributed by atoms with van der Waals surface area (Å²) >= 11 is 0. The molecule has 5 rings (SSSR count). The molecule has 0 saturated carbocycles. The second-order valence-corrected chi connectivity index (χ2v) is 9.45. The average Bonchev–Trinajstić information content (AvgIpc) is 3.23. The number of hydrogen-bond donors (Lipinski definition) is 2. The van der Waals surface area contributed by atoms with Gasteiger partial charge in [0.25, 0.3) is 5.91 Å². The molecule has 9 nitrogen and oxygen atoms in total. The predicted octanol–water partition coefficient (Wildman–Crippen LogP) is 4.14. The topological polar surface area (TPSA) is 117 Å². The van der Waals surface area contributed by atoms with E-state index in [1.165, 1.54) is 6.07 Å². The number of benzene rings is 1. The summed E-state index contributed by atoms with van der Waals surface area (Å²) in [5, 5.41) is 6.85. The summed E-state index contributed by atoms with van der Waals surface area (Å²) < 4.78 is 41.8. The van der Waals surface area contributed by atoms with Crippen molar-refractivity contribution >= 4 is 17.5 Å². The van der Waals surface area contributed by atoms with Gasteiger partial charge in [-0.3, -0.25) is 9.78 Å². The molecular formula is C27H28F2N6O3. The molecule has 3 aromatic heterocycles. The van der Waals surface area contributed by atoms with E-state index < -0.39 is 17.5 Å². The smallest absolute Gasteiger partial charge is 0.253 e. The van der Waals surface area contributed by atoms with E-state index in [-0.39, 0.29) is 36.0 Å². The van der Waals surface area contributed by atoms with Crippen molar-refractivity contribution in [3.63, 3.8) is 0 Å². The highest BCUT2D eigenvalue weighted by Gasteiger charge is 2.24. The highest BCUT2D eigenvalue weighted by atomic mass is 19.1. The number of carbonyl (C=O) groups is 1. The second kappa shape index (κ2) is 10.3. The van der Waals surface area contributed by atoms with Gasteiger partial charge in [0.2, 0.25) is 5.95 Å². The molecule has 38 heavy (non-hydrogen) atoms. The van der Waals surface area contributed by atoms with Crippen molar-refractivity contribution in [2.75, 3.05) is 12.3 Å². The van der Waals surface area contributed by atoms with Crippen LogP contribution >= 0.6 is 0 Å². The summed E-state index contributed by atoms with van der Waals surface area (Å²) in [4.78, 5) is 22.0. The van der Waals surface area contributed by atoms with Gasteiger partial charge in [0.15, 0.2) is 17.2 Å². The Kier molecular flexibility index (Phi) is 6.94. The van der Waals surface area contributed by atoms with Crippen LogP contribution in [0, 0.1) is 25.5 Å². The van der Waals surface area contributed by atoms with Crippen LogP contribution in [0.15, 0.2) is 36.5 Å². The lowest BCUT2D eigenvalue weighted by molar-refractivity contribution is -0.0264. The van der Waals surface area contributed by atoms with Gasteiger partial charge in [-0.05, 0) is 50.6 Å². The van der Waals surface area contributed by atoms with Crippen LogP contribution in [-0.2, 0) is 11.3 Å². The number of fused-ring (bicyclic) bond motifs is 1. The Balaban J connectivity index is 1.39. The van der Waals surface area contributed by atoms with Gasteiger partial charge in [0.05, 0.1) is 24.0 Å². The fraction of sp³-hybridized carbons (Fsp3) is 0.333. The number of aromatic nitrogens is 4. The van der Waals surface area contributed by atoms with E-state index in [0.717, 1.165) is 22.9 Å². The van der Waals surface area contributed by atoms with E-state index >= 15 is 0 Å². The van der Waals surface area contributed by atoms with E-state index in [1.807, 2.05) is 19.9 Å². The lowest BCUT2D eigenvalue weighted by atomic mass is 10.0. The number of carbonyl (C=O) groups excluding carboxylic acids is 1. The Morgan fingerprint density at radius 3 is 2.82 bits per heavy atom. The maximum absolute atomic E-state index is 14.7. The number of ether oxygens (including phenoxy) is 2. The normalized spacial score (nSPS) is 17.5. The maximum atomic E-state index is 14.7. The number of nitrogens with zero attached hydrogens (tertiary/aromatic N) is 4. The van der Waals surface area contributed by atoms with Gasteiger partial charge in [-0.1, -0.05) is 0 Å². The number of anilines is 1. The minimum Gasteiger partial charge on any atom is -0.487 e. The van der Waals surface area contributed by atoms with Crippen LogP contribution in [0.4, 0.5) is 14.7 Å². The van der Waals surface area contributed by atoms with Crippen LogP contribution < -0.4 is 15.8 Å². The Hall–Kier alpha value is -4.12. The van der Waals surface area contributed by atoms with Gasteiger partial charge in [-0.15, -0.1) is 5.10 Å². The van der Waals surface area contributed by atoms with Gasteiger partial charge in [-0.25, -0.2) is 13.3 Å². The number of nitrogens with two attached hydrogens (primary N) is 1. The minimum absolute atomic E-state index is 0.0190. The number of amides is 1. The van der Waals surface area contributed by atoms with Crippen molar-refractivity contribution in [1.29, 1.82) is 0 Å². The SMILES string of the molecule is Cc1nc(C)c(-c2ccn3nc(N)nc3c2)cc1C(=O)NCc1cc(F)cc(F)c1OC1CCOC(C)C1. The zero-order chi connectivity index (χ0) is 27.0. The predicted molar refractivity (Wildman–Crippen MR) is 137 cm³/mol. The first kappa shape index (κ1) is 25.5. The first-order chi connectivity index (χ1) is 18.2. The van der Waals surface area contributed by atoms with E-state index in [1.54, 1.807) is 29.8 Å². The first-order valence-electron chi connectivity index (χ1n) is 12.3. The molecule has 11 heteroatoms. The van der Waals surface area contributed by atoms with Crippen molar-refractivity contribution in [2.24, 2.45) is 0 Å². The van der Waals surface area contributed by atoms with Crippen LogP contribution in [0.25, 0.3) is 16.8 Å². The number of nitrogens with one attached hydrogen (secondary N) is 1. The zero-order valence-electron chi connectivity index (χ0n) is 21.3. The van der Waals surface area contributed by atoms with Gasteiger partial charge >= 0.3 is 0 Å². The molecule has 4 aromatic rings. The minimum atomic E-state index is -0.812. The fourth-order valence-corrected chi connectivity index (χ4v) is 4.69. The lowest BCUT2D eigenvalue weighted by Crippen LogP contribution is -2.32. The molecule has 0 aliphatic carbocycles. The molecule has 198 valence electrons. The molecule has 1 aliphatic rings. The largest absolute Gasteiger partial charge is 0.487 e. The quantitative estimate of drug-likeness (QED) is 0.391. The number of aryl methyl sites for hydroxylation is 2. The Morgan fingerprint density at radius 2 is 2.03 bits per heavy atom. The average molecular weight is 523 g/mol. The van der Waals surface area contributed by atoms with Crippen molar-refractivity contribution in [3.8, 4) is 16.9 Å². The second-order valence-electron chi connectivity index (χ2n) is 9.45. The Morgan fingerprint density at radius 1 is 1.21 bits per heavy atom. The molecule has 1 aliphatic heterocycles. The summed E-state index contributed by atoms with van der Waals surface area (Å²) in [6.45, 7) is 5.87. The van der Waals surface area contributed by atoms with E-state index in [9.17, 15) is 13.6 Å². The van der Waals surface area contributed by atoms with Gasteiger partial charge < -0.3 is 20.5 Å². The molecule has 1 amide bonds. The van der Waals surface area contributed by atoms with E-state index in [2.05, 4.69) is 20.4 Å². The van der Waals surface area contributed by atoms with Crippen molar-refractivity contribution in [2.45, 2.75) is 52.4 Å².